The summed E-state index contributed by atoms with van der Waals surface area (Å²) in [5.74, 6) is 0.0475. The first-order valence-electron chi connectivity index (χ1n) is 14.3. The summed E-state index contributed by atoms with van der Waals surface area (Å²) in [6.45, 7) is 17.2. The predicted octanol–water partition coefficient (Wildman–Crippen LogP) is 5.73. The van der Waals surface area contributed by atoms with Gasteiger partial charge in [0.25, 0.3) is 0 Å². The van der Waals surface area contributed by atoms with Gasteiger partial charge >= 0.3 is 0 Å². The van der Waals surface area contributed by atoms with Gasteiger partial charge in [-0.05, 0) is 86.1 Å². The van der Waals surface area contributed by atoms with Gasteiger partial charge in [0.1, 0.15) is 0 Å². The Labute approximate surface area is 240 Å². The Morgan fingerprint density at radius 2 is 0.975 bits per heavy atom. The molecule has 0 radical (unpaired) electrons. The molecule has 0 atom stereocenters. The minimum absolute atomic E-state index is 0.0237. The first-order valence-corrected chi connectivity index (χ1v) is 14.3. The lowest BCUT2D eigenvalue weighted by Gasteiger charge is -2.46. The van der Waals surface area contributed by atoms with Crippen molar-refractivity contribution in [3.63, 3.8) is 0 Å². The Balaban J connectivity index is 1.29. The number of aryl methyl sites for hydroxylation is 4. The van der Waals surface area contributed by atoms with E-state index in [0.717, 1.165) is 37.3 Å². The second kappa shape index (κ2) is 13.1. The maximum Gasteiger partial charge on any atom is 0.246 e. The Hall–Kier alpha value is -3.70. The molecule has 4 rings (SSSR count). The van der Waals surface area contributed by atoms with Crippen molar-refractivity contribution in [1.82, 2.24) is 14.7 Å². The van der Waals surface area contributed by atoms with Crippen molar-refractivity contribution >= 4 is 24.0 Å². The highest BCUT2D eigenvalue weighted by Gasteiger charge is 2.34. The first-order chi connectivity index (χ1) is 19.1. The van der Waals surface area contributed by atoms with Crippen molar-refractivity contribution in [2.45, 2.75) is 47.6 Å². The molecule has 2 aromatic carbocycles. The van der Waals surface area contributed by atoms with Gasteiger partial charge in [0, 0.05) is 57.5 Å². The Morgan fingerprint density at radius 3 is 1.35 bits per heavy atom. The number of piperazine rings is 2. The summed E-state index contributed by atoms with van der Waals surface area (Å²) in [5, 5.41) is 0. The number of benzene rings is 2. The second-order valence-electron chi connectivity index (χ2n) is 11.3. The van der Waals surface area contributed by atoms with Gasteiger partial charge < -0.3 is 9.80 Å². The summed E-state index contributed by atoms with van der Waals surface area (Å²) in [6, 6.07) is 8.84. The number of carbonyl (C=O) groups excluding carboxylic acids is 2. The van der Waals surface area contributed by atoms with Crippen LogP contribution in [0.4, 0.5) is 0 Å². The van der Waals surface area contributed by atoms with Gasteiger partial charge in [-0.3, -0.25) is 14.5 Å². The van der Waals surface area contributed by atoms with Crippen LogP contribution in [0.25, 0.3) is 12.2 Å². The molecule has 0 N–H and O–H groups in total. The second-order valence-corrected chi connectivity index (χ2v) is 11.3. The molecule has 210 valence electrons. The molecule has 0 spiro atoms. The molecule has 2 aliphatic heterocycles. The first kappa shape index (κ1) is 29.3. The number of hydrogen-bond donors (Lipinski definition) is 0. The molecule has 2 fully saturated rings. The number of carbonyl (C=O) groups is 2. The van der Waals surface area contributed by atoms with Crippen molar-refractivity contribution in [3.05, 3.63) is 105 Å². The van der Waals surface area contributed by atoms with Crippen LogP contribution in [0.1, 0.15) is 44.5 Å². The smallest absolute Gasteiger partial charge is 0.246 e. The van der Waals surface area contributed by atoms with E-state index in [9.17, 15) is 9.59 Å². The third-order valence-electron chi connectivity index (χ3n) is 8.49. The predicted molar refractivity (Wildman–Crippen MR) is 166 cm³/mol. The third-order valence-corrected chi connectivity index (χ3v) is 8.49. The number of rotatable bonds is 6. The van der Waals surface area contributed by atoms with E-state index in [4.69, 9.17) is 0 Å². The van der Waals surface area contributed by atoms with Crippen molar-refractivity contribution in [2.75, 3.05) is 39.3 Å². The van der Waals surface area contributed by atoms with E-state index in [2.05, 4.69) is 70.7 Å². The highest BCUT2D eigenvalue weighted by molar-refractivity contribution is 5.89. The molecule has 2 amide bonds. The minimum atomic E-state index is 0.0237. The lowest BCUT2D eigenvalue weighted by Crippen LogP contribution is -2.63. The van der Waals surface area contributed by atoms with Crippen LogP contribution in [0, 0.1) is 41.5 Å². The maximum atomic E-state index is 12.9. The van der Waals surface area contributed by atoms with E-state index in [1.807, 2.05) is 46.3 Å². The molecular weight excluding hydrogens is 494 g/mol. The zero-order valence-corrected chi connectivity index (χ0v) is 24.9. The van der Waals surface area contributed by atoms with Gasteiger partial charge in [0.2, 0.25) is 11.8 Å². The number of nitrogens with zero attached hydrogens (tertiary/aromatic N) is 3. The third kappa shape index (κ3) is 7.28. The van der Waals surface area contributed by atoms with Crippen LogP contribution >= 0.6 is 0 Å². The van der Waals surface area contributed by atoms with Crippen molar-refractivity contribution in [2.24, 2.45) is 0 Å². The van der Waals surface area contributed by atoms with Crippen molar-refractivity contribution in [1.29, 1.82) is 0 Å². The molecule has 0 bridgehead atoms. The molecule has 0 saturated carbocycles. The summed E-state index contributed by atoms with van der Waals surface area (Å²) in [4.78, 5) is 32.0. The van der Waals surface area contributed by atoms with Crippen molar-refractivity contribution in [3.8, 4) is 0 Å². The van der Waals surface area contributed by atoms with Crippen molar-refractivity contribution < 1.29 is 9.59 Å². The SMILES string of the molecule is Cc1cc(C=CC=CC(=O)N2CCN3CCN(C(=O)C=CC=Cc4cc(C)c(C)c(C)c4)CC3C2)cc(C)c1C. The monoisotopic (exact) mass is 537 g/mol. The van der Waals surface area contributed by atoms with Crippen LogP contribution in [-0.2, 0) is 9.59 Å². The largest absolute Gasteiger partial charge is 0.336 e. The Bertz CT molecular complexity index is 1230. The number of amides is 2. The van der Waals surface area contributed by atoms with Gasteiger partial charge in [0.05, 0.1) is 0 Å². The quantitative estimate of drug-likeness (QED) is 0.349. The van der Waals surface area contributed by atoms with Crippen LogP contribution in [0.15, 0.2) is 60.7 Å². The van der Waals surface area contributed by atoms with E-state index >= 15 is 0 Å². The number of hydrogen-bond acceptors (Lipinski definition) is 3. The topological polar surface area (TPSA) is 43.9 Å². The average molecular weight is 538 g/mol. The summed E-state index contributed by atoms with van der Waals surface area (Å²) in [7, 11) is 0. The van der Waals surface area contributed by atoms with Crippen LogP contribution in [0.3, 0.4) is 0 Å². The number of fused-ring (bicyclic) bond motifs is 1. The van der Waals surface area contributed by atoms with E-state index in [1.54, 1.807) is 12.2 Å². The molecule has 5 heteroatoms. The minimum Gasteiger partial charge on any atom is -0.336 e. The van der Waals surface area contributed by atoms with Crippen LogP contribution in [-0.4, -0.2) is 71.8 Å². The van der Waals surface area contributed by atoms with Gasteiger partial charge in [-0.25, -0.2) is 0 Å². The Kier molecular flexibility index (Phi) is 9.59. The summed E-state index contributed by atoms with van der Waals surface area (Å²) < 4.78 is 0. The molecule has 5 nitrogen and oxygen atoms in total. The molecule has 2 aromatic rings. The van der Waals surface area contributed by atoms with Gasteiger partial charge in [-0.1, -0.05) is 60.7 Å². The summed E-state index contributed by atoms with van der Waals surface area (Å²) in [5.41, 5.74) is 10.0. The van der Waals surface area contributed by atoms with Crippen LogP contribution in [0.5, 0.6) is 0 Å². The normalized spacial score (nSPS) is 18.5. The molecule has 0 aliphatic carbocycles. The Morgan fingerprint density at radius 1 is 0.600 bits per heavy atom. The molecule has 40 heavy (non-hydrogen) atoms. The molecule has 2 heterocycles. The molecule has 2 saturated heterocycles. The fourth-order valence-corrected chi connectivity index (χ4v) is 5.51. The zero-order valence-electron chi connectivity index (χ0n) is 24.9. The van der Waals surface area contributed by atoms with E-state index in [1.165, 1.54) is 33.4 Å². The highest BCUT2D eigenvalue weighted by Crippen LogP contribution is 2.19. The lowest BCUT2D eigenvalue weighted by atomic mass is 10.0. The van der Waals surface area contributed by atoms with Crippen LogP contribution < -0.4 is 0 Å². The van der Waals surface area contributed by atoms with Gasteiger partial charge in [-0.2, -0.15) is 0 Å². The van der Waals surface area contributed by atoms with E-state index < -0.39 is 0 Å². The van der Waals surface area contributed by atoms with E-state index in [0.29, 0.717) is 13.1 Å². The van der Waals surface area contributed by atoms with Crippen LogP contribution in [0.2, 0.25) is 0 Å². The molecule has 0 unspecified atom stereocenters. The average Bonchev–Trinajstić information content (AvgIpc) is 2.94. The fraction of sp³-hybridized carbons (Fsp3) is 0.371. The zero-order chi connectivity index (χ0) is 28.8. The maximum absolute atomic E-state index is 12.9. The lowest BCUT2D eigenvalue weighted by molar-refractivity contribution is -0.133. The summed E-state index contributed by atoms with van der Waals surface area (Å²) >= 11 is 0. The standard InChI is InChI=1S/C35H43N3O2/c1-25-19-31(20-26(2)29(25)5)11-7-9-13-34(39)37-17-15-36-16-18-38(24-33(36)23-37)35(40)14-10-8-12-32-21-27(3)30(6)28(4)22-32/h7-14,19-22,33H,15-18,23-24H2,1-6H3. The highest BCUT2D eigenvalue weighted by atomic mass is 16.2. The molecule has 2 aliphatic rings. The summed E-state index contributed by atoms with van der Waals surface area (Å²) in [6.07, 6.45) is 14.9. The number of allylic oxidation sites excluding steroid dienone is 4. The molecular formula is C35H43N3O2. The van der Waals surface area contributed by atoms with Gasteiger partial charge in [0.15, 0.2) is 0 Å². The van der Waals surface area contributed by atoms with Gasteiger partial charge in [-0.15, -0.1) is 0 Å². The van der Waals surface area contributed by atoms with E-state index in [-0.39, 0.29) is 17.9 Å². The fourth-order valence-electron chi connectivity index (χ4n) is 5.51. The molecule has 0 aromatic heterocycles.